The van der Waals surface area contributed by atoms with E-state index in [1.54, 1.807) is 0 Å². The van der Waals surface area contributed by atoms with E-state index < -0.39 is 0 Å². The summed E-state index contributed by atoms with van der Waals surface area (Å²) in [5.74, 6) is 0.172. The van der Waals surface area contributed by atoms with Gasteiger partial charge in [-0.2, -0.15) is 5.26 Å². The molecule has 0 fully saturated rings. The third kappa shape index (κ3) is 2.27. The summed E-state index contributed by atoms with van der Waals surface area (Å²) in [6.45, 7) is 1.82. The summed E-state index contributed by atoms with van der Waals surface area (Å²) in [5.41, 5.74) is 8.07. The van der Waals surface area contributed by atoms with E-state index in [1.807, 2.05) is 37.3 Å². The van der Waals surface area contributed by atoms with Crippen LogP contribution in [0, 0.1) is 18.3 Å². The summed E-state index contributed by atoms with van der Waals surface area (Å²) < 4.78 is 0.989. The van der Waals surface area contributed by atoms with Gasteiger partial charge in [0, 0.05) is 10.0 Å². The zero-order valence-corrected chi connectivity index (χ0v) is 10.7. The van der Waals surface area contributed by atoms with Gasteiger partial charge in [-0.05, 0) is 19.1 Å². The molecule has 84 valence electrons. The molecule has 1 aromatic heterocycles. The zero-order valence-electron chi connectivity index (χ0n) is 9.11. The van der Waals surface area contributed by atoms with Crippen LogP contribution in [-0.4, -0.2) is 9.97 Å². The molecule has 0 saturated heterocycles. The normalized spacial score (nSPS) is 9.94. The lowest BCUT2D eigenvalue weighted by Crippen LogP contribution is -2.02. The fourth-order valence-corrected chi connectivity index (χ4v) is 1.76. The molecule has 17 heavy (non-hydrogen) atoms. The second-order valence-corrected chi connectivity index (χ2v) is 4.43. The van der Waals surface area contributed by atoms with Crippen LogP contribution in [0.2, 0.25) is 0 Å². The van der Waals surface area contributed by atoms with E-state index in [-0.39, 0.29) is 11.5 Å². The van der Waals surface area contributed by atoms with Crippen molar-refractivity contribution in [1.82, 2.24) is 9.97 Å². The monoisotopic (exact) mass is 288 g/mol. The molecule has 2 rings (SSSR count). The first-order valence-corrected chi connectivity index (χ1v) is 5.71. The van der Waals surface area contributed by atoms with Crippen LogP contribution in [-0.2, 0) is 0 Å². The predicted octanol–water partition coefficient (Wildman–Crippen LogP) is 2.67. The van der Waals surface area contributed by atoms with Gasteiger partial charge in [0.15, 0.2) is 11.5 Å². The van der Waals surface area contributed by atoms with Crippen molar-refractivity contribution in [1.29, 1.82) is 5.26 Å². The van der Waals surface area contributed by atoms with E-state index in [1.165, 1.54) is 0 Å². The number of aromatic nitrogens is 2. The molecular weight excluding hydrogens is 280 g/mol. The van der Waals surface area contributed by atoms with Gasteiger partial charge in [-0.15, -0.1) is 0 Å². The van der Waals surface area contributed by atoms with Crippen molar-refractivity contribution >= 4 is 21.7 Å². The molecule has 5 heteroatoms. The molecule has 0 unspecified atom stereocenters. The molecule has 2 aromatic rings. The van der Waals surface area contributed by atoms with Crippen LogP contribution in [0.25, 0.3) is 11.3 Å². The van der Waals surface area contributed by atoms with Crippen LogP contribution in [0.3, 0.4) is 0 Å². The zero-order chi connectivity index (χ0) is 12.4. The Balaban J connectivity index is 2.60. The minimum Gasteiger partial charge on any atom is -0.381 e. The van der Waals surface area contributed by atoms with Crippen LogP contribution in [0.15, 0.2) is 28.7 Å². The van der Waals surface area contributed by atoms with Gasteiger partial charge in [-0.25, -0.2) is 9.97 Å². The number of halogens is 1. The number of aryl methyl sites for hydroxylation is 1. The fourth-order valence-electron chi connectivity index (χ4n) is 1.50. The van der Waals surface area contributed by atoms with Crippen LogP contribution < -0.4 is 5.73 Å². The highest BCUT2D eigenvalue weighted by atomic mass is 79.9. The van der Waals surface area contributed by atoms with Gasteiger partial charge in [-0.3, -0.25) is 0 Å². The molecular formula is C12H9BrN4. The molecule has 0 spiro atoms. The molecule has 0 bridgehead atoms. The molecule has 0 radical (unpaired) electrons. The number of nitrogens with two attached hydrogens (primary N) is 1. The van der Waals surface area contributed by atoms with Gasteiger partial charge >= 0.3 is 0 Å². The van der Waals surface area contributed by atoms with Gasteiger partial charge in [0.1, 0.15) is 6.07 Å². The largest absolute Gasteiger partial charge is 0.381 e. The Morgan fingerprint density at radius 2 is 1.88 bits per heavy atom. The van der Waals surface area contributed by atoms with E-state index in [2.05, 4.69) is 25.9 Å². The summed E-state index contributed by atoms with van der Waals surface area (Å²) in [6, 6.07) is 9.60. The number of nitrogen functional groups attached to an aromatic ring is 1. The fraction of sp³-hybridized carbons (Fsp3) is 0.0833. The van der Waals surface area contributed by atoms with Crippen LogP contribution in [0.1, 0.15) is 11.4 Å². The number of rotatable bonds is 1. The second-order valence-electron chi connectivity index (χ2n) is 3.51. The molecule has 0 aliphatic heterocycles. The highest BCUT2D eigenvalue weighted by molar-refractivity contribution is 9.10. The Bertz CT molecular complexity index is 599. The number of benzene rings is 1. The smallest absolute Gasteiger partial charge is 0.183 e. The van der Waals surface area contributed by atoms with E-state index in [9.17, 15) is 0 Å². The van der Waals surface area contributed by atoms with Crippen molar-refractivity contribution in [3.05, 3.63) is 40.1 Å². The number of nitrogens with zero attached hydrogens (tertiary/aromatic N) is 3. The molecule has 0 aliphatic rings. The molecule has 0 amide bonds. The Hall–Kier alpha value is -1.93. The van der Waals surface area contributed by atoms with E-state index in [0.717, 1.165) is 10.0 Å². The van der Waals surface area contributed by atoms with E-state index in [4.69, 9.17) is 11.0 Å². The summed E-state index contributed by atoms with van der Waals surface area (Å²) in [5, 5.41) is 8.88. The first-order valence-electron chi connectivity index (χ1n) is 4.92. The molecule has 2 N–H and O–H groups in total. The number of nitriles is 1. The lowest BCUT2D eigenvalue weighted by Gasteiger charge is -2.06. The molecule has 0 aliphatic carbocycles. The Labute approximate surface area is 107 Å². The van der Waals surface area contributed by atoms with Crippen molar-refractivity contribution in [3.63, 3.8) is 0 Å². The molecule has 4 nitrogen and oxygen atoms in total. The van der Waals surface area contributed by atoms with Crippen LogP contribution in [0.5, 0.6) is 0 Å². The standard InChI is InChI=1S/C12H9BrN4/c1-7-11(8-2-4-9(13)5-3-8)17-10(6-14)12(15)16-7/h2-5H,1H3,(H2,15,16). The Kier molecular flexibility index (Phi) is 3.07. The maximum absolute atomic E-state index is 8.88. The SMILES string of the molecule is Cc1nc(N)c(C#N)nc1-c1ccc(Br)cc1. The summed E-state index contributed by atoms with van der Waals surface area (Å²) in [4.78, 5) is 8.35. The van der Waals surface area contributed by atoms with E-state index >= 15 is 0 Å². The number of hydrogen-bond acceptors (Lipinski definition) is 4. The van der Waals surface area contributed by atoms with Crippen LogP contribution in [0.4, 0.5) is 5.82 Å². The highest BCUT2D eigenvalue weighted by Gasteiger charge is 2.10. The quantitative estimate of drug-likeness (QED) is 0.875. The third-order valence-corrected chi connectivity index (χ3v) is 2.85. The van der Waals surface area contributed by atoms with Gasteiger partial charge in [0.05, 0.1) is 11.4 Å². The first-order chi connectivity index (χ1) is 8.11. The maximum Gasteiger partial charge on any atom is 0.183 e. The highest BCUT2D eigenvalue weighted by Crippen LogP contribution is 2.23. The Morgan fingerprint density at radius 1 is 1.24 bits per heavy atom. The van der Waals surface area contributed by atoms with Crippen molar-refractivity contribution in [2.24, 2.45) is 0 Å². The Morgan fingerprint density at radius 3 is 2.47 bits per heavy atom. The molecule has 0 saturated carbocycles. The van der Waals surface area contributed by atoms with Gasteiger partial charge in [0.25, 0.3) is 0 Å². The van der Waals surface area contributed by atoms with E-state index in [0.29, 0.717) is 11.4 Å². The summed E-state index contributed by atoms with van der Waals surface area (Å²) in [6.07, 6.45) is 0. The lowest BCUT2D eigenvalue weighted by molar-refractivity contribution is 1.11. The second kappa shape index (κ2) is 4.52. The molecule has 1 aromatic carbocycles. The predicted molar refractivity (Wildman–Crippen MR) is 69.0 cm³/mol. The average molecular weight is 289 g/mol. The molecule has 0 atom stereocenters. The molecule has 1 heterocycles. The minimum atomic E-state index is 0.161. The minimum absolute atomic E-state index is 0.161. The summed E-state index contributed by atoms with van der Waals surface area (Å²) >= 11 is 3.37. The van der Waals surface area contributed by atoms with Crippen LogP contribution >= 0.6 is 15.9 Å². The maximum atomic E-state index is 8.88. The van der Waals surface area contributed by atoms with Crippen molar-refractivity contribution in [3.8, 4) is 17.3 Å². The van der Waals surface area contributed by atoms with Gasteiger partial charge < -0.3 is 5.73 Å². The third-order valence-electron chi connectivity index (χ3n) is 2.32. The summed E-state index contributed by atoms with van der Waals surface area (Å²) in [7, 11) is 0. The van der Waals surface area contributed by atoms with Gasteiger partial charge in [0.2, 0.25) is 0 Å². The van der Waals surface area contributed by atoms with Crippen molar-refractivity contribution < 1.29 is 0 Å². The first kappa shape index (κ1) is 11.6. The van der Waals surface area contributed by atoms with Crippen molar-refractivity contribution in [2.75, 3.05) is 5.73 Å². The topological polar surface area (TPSA) is 75.6 Å². The average Bonchev–Trinajstić information content (AvgIpc) is 2.31. The number of anilines is 1. The lowest BCUT2D eigenvalue weighted by atomic mass is 10.1. The van der Waals surface area contributed by atoms with Crippen molar-refractivity contribution in [2.45, 2.75) is 6.92 Å². The van der Waals surface area contributed by atoms with Gasteiger partial charge in [-0.1, -0.05) is 28.1 Å². The number of hydrogen-bond donors (Lipinski definition) is 1.